The monoisotopic (exact) mass is 375 g/mol. The number of rotatable bonds is 5. The number of ketones is 1. The summed E-state index contributed by atoms with van der Waals surface area (Å²) in [4.78, 5) is 12.6. The molecule has 6 radical (unpaired) electrons. The van der Waals surface area contributed by atoms with E-state index in [-0.39, 0.29) is 5.56 Å². The van der Waals surface area contributed by atoms with Crippen molar-refractivity contribution in [3.05, 3.63) is 46.5 Å². The van der Waals surface area contributed by atoms with Crippen molar-refractivity contribution in [3.8, 4) is 0 Å². The van der Waals surface area contributed by atoms with Gasteiger partial charge in [-0.1, -0.05) is 37.6 Å². The van der Waals surface area contributed by atoms with E-state index in [1.165, 1.54) is 38.1 Å². The second-order valence-electron chi connectivity index (χ2n) is 5.91. The number of halogens is 1. The van der Waals surface area contributed by atoms with E-state index in [0.29, 0.717) is 5.02 Å². The van der Waals surface area contributed by atoms with Gasteiger partial charge in [-0.05, 0) is 23.6 Å². The van der Waals surface area contributed by atoms with Gasteiger partial charge in [0.25, 0.3) is 10.1 Å². The molecular formula is C14H13B3ClNO5S. The number of benzene rings is 1. The van der Waals surface area contributed by atoms with Gasteiger partial charge < -0.3 is 14.7 Å². The van der Waals surface area contributed by atoms with Crippen LogP contribution < -0.4 is 5.73 Å². The topological polar surface area (TPSA) is 95.7 Å². The van der Waals surface area contributed by atoms with Crippen LogP contribution in [0.4, 0.5) is 0 Å². The van der Waals surface area contributed by atoms with Crippen LogP contribution in [0.5, 0.6) is 0 Å². The first-order valence-electron chi connectivity index (χ1n) is 7.13. The molecule has 25 heavy (non-hydrogen) atoms. The minimum atomic E-state index is -4.61. The SMILES string of the molecule is [B]C1(c2ccc(Cl)cc2)OC(N)=C(OS(=O)(=O)C([B])([B])C(C)C)C1=O. The van der Waals surface area contributed by atoms with Crippen LogP contribution in [0.25, 0.3) is 0 Å². The van der Waals surface area contributed by atoms with E-state index in [2.05, 4.69) is 0 Å². The summed E-state index contributed by atoms with van der Waals surface area (Å²) in [5.74, 6) is -3.07. The molecule has 1 aromatic rings. The highest BCUT2D eigenvalue weighted by Gasteiger charge is 2.50. The fraction of sp³-hybridized carbons (Fsp3) is 0.357. The third-order valence-corrected chi connectivity index (χ3v) is 5.82. The summed E-state index contributed by atoms with van der Waals surface area (Å²) in [6, 6.07) is 5.85. The molecule has 6 nitrogen and oxygen atoms in total. The summed E-state index contributed by atoms with van der Waals surface area (Å²) in [5, 5.41) is 0.408. The van der Waals surface area contributed by atoms with Crippen LogP contribution >= 0.6 is 11.6 Å². The minimum Gasteiger partial charge on any atom is -0.467 e. The zero-order valence-electron chi connectivity index (χ0n) is 13.5. The van der Waals surface area contributed by atoms with Crippen LogP contribution in [0.15, 0.2) is 35.9 Å². The van der Waals surface area contributed by atoms with Gasteiger partial charge in [-0.3, -0.25) is 4.79 Å². The highest BCUT2D eigenvalue weighted by atomic mass is 35.5. The van der Waals surface area contributed by atoms with Crippen molar-refractivity contribution in [2.45, 2.75) is 23.9 Å². The number of hydrogen-bond acceptors (Lipinski definition) is 6. The lowest BCUT2D eigenvalue weighted by molar-refractivity contribution is -0.126. The van der Waals surface area contributed by atoms with Crippen LogP contribution in [0.1, 0.15) is 19.4 Å². The van der Waals surface area contributed by atoms with Crippen molar-refractivity contribution in [1.29, 1.82) is 0 Å². The summed E-state index contributed by atoms with van der Waals surface area (Å²) < 4.78 is 32.3. The molecule has 2 rings (SSSR count). The van der Waals surface area contributed by atoms with Crippen LogP contribution in [-0.4, -0.2) is 42.3 Å². The molecule has 1 aliphatic heterocycles. The summed E-state index contributed by atoms with van der Waals surface area (Å²) >= 11 is 5.79. The molecule has 0 bridgehead atoms. The van der Waals surface area contributed by atoms with Crippen molar-refractivity contribution in [1.82, 2.24) is 0 Å². The molecule has 0 amide bonds. The first-order chi connectivity index (χ1) is 11.3. The largest absolute Gasteiger partial charge is 0.467 e. The fourth-order valence-corrected chi connectivity index (χ4v) is 3.21. The molecule has 1 aromatic carbocycles. The first kappa shape index (κ1) is 19.8. The predicted octanol–water partition coefficient (Wildman–Crippen LogP) is 0.382. The molecule has 0 aliphatic carbocycles. The Balaban J connectivity index is 2.37. The average molecular weight is 375 g/mol. The fourth-order valence-electron chi connectivity index (χ4n) is 1.98. The summed E-state index contributed by atoms with van der Waals surface area (Å²) in [6.45, 7) is 2.96. The standard InChI is InChI=1S/C14H13B3ClNO5S/c1-7(2)14(16,17)25(21,22)24-10-11(20)13(15,23-12(10)19)8-3-5-9(18)6-4-8/h3-7H,19H2,1-2H3. The van der Waals surface area contributed by atoms with Crippen molar-refractivity contribution < 1.29 is 22.1 Å². The molecule has 0 saturated carbocycles. The quantitative estimate of drug-likeness (QED) is 0.591. The number of hydrogen-bond donors (Lipinski definition) is 1. The molecule has 2 N–H and O–H groups in total. The van der Waals surface area contributed by atoms with Gasteiger partial charge in [-0.15, -0.1) is 0 Å². The summed E-state index contributed by atoms with van der Waals surface area (Å²) in [5.41, 5.74) is 3.75. The number of carbonyl (C=O) groups is 1. The molecule has 0 spiro atoms. The molecule has 0 fully saturated rings. The Bertz CT molecular complexity index is 839. The maximum Gasteiger partial charge on any atom is 0.298 e. The van der Waals surface area contributed by atoms with Crippen molar-refractivity contribution in [3.63, 3.8) is 0 Å². The van der Waals surface area contributed by atoms with Crippen LogP contribution in [-0.2, 0) is 29.3 Å². The van der Waals surface area contributed by atoms with Crippen molar-refractivity contribution in [2.24, 2.45) is 11.7 Å². The normalized spacial score (nSPS) is 21.5. The van der Waals surface area contributed by atoms with Gasteiger partial charge in [-0.25, -0.2) is 0 Å². The molecule has 1 atom stereocenters. The summed E-state index contributed by atoms with van der Waals surface area (Å²) in [7, 11) is 12.6. The maximum atomic E-state index is 12.6. The lowest BCUT2D eigenvalue weighted by Gasteiger charge is -2.29. The lowest BCUT2D eigenvalue weighted by atomic mass is 9.63. The molecule has 126 valence electrons. The average Bonchev–Trinajstić information content (AvgIpc) is 2.71. The zero-order valence-corrected chi connectivity index (χ0v) is 15.1. The third-order valence-electron chi connectivity index (χ3n) is 3.84. The molecule has 0 aromatic heterocycles. The lowest BCUT2D eigenvalue weighted by Crippen LogP contribution is -2.46. The van der Waals surface area contributed by atoms with Gasteiger partial charge in [0.2, 0.25) is 17.4 Å². The van der Waals surface area contributed by atoms with Gasteiger partial charge in [0.15, 0.2) is 5.50 Å². The number of ether oxygens (including phenoxy) is 1. The second-order valence-corrected chi connectivity index (χ2v) is 8.13. The Morgan fingerprint density at radius 3 is 2.28 bits per heavy atom. The third kappa shape index (κ3) is 3.29. The molecular weight excluding hydrogens is 362 g/mol. The van der Waals surface area contributed by atoms with Crippen LogP contribution in [0.3, 0.4) is 0 Å². The van der Waals surface area contributed by atoms with Crippen LogP contribution in [0.2, 0.25) is 5.02 Å². The van der Waals surface area contributed by atoms with Gasteiger partial charge in [0.05, 0.1) is 15.7 Å². The van der Waals surface area contributed by atoms with Gasteiger partial charge in [0.1, 0.15) is 7.85 Å². The van der Waals surface area contributed by atoms with E-state index in [9.17, 15) is 13.2 Å². The summed E-state index contributed by atoms with van der Waals surface area (Å²) in [6.07, 6.45) is 0. The van der Waals surface area contributed by atoms with Gasteiger partial charge >= 0.3 is 0 Å². The number of Topliss-reactive ketones (excluding diaryl/α,β-unsaturated/α-hetero) is 1. The molecule has 1 heterocycles. The van der Waals surface area contributed by atoms with E-state index in [4.69, 9.17) is 49.8 Å². The maximum absolute atomic E-state index is 12.6. The Hall–Kier alpha value is -1.54. The Morgan fingerprint density at radius 1 is 1.28 bits per heavy atom. The highest BCUT2D eigenvalue weighted by molar-refractivity contribution is 7.91. The van der Waals surface area contributed by atoms with E-state index in [1.54, 1.807) is 0 Å². The highest BCUT2D eigenvalue weighted by Crippen LogP contribution is 2.37. The number of carbonyl (C=O) groups excluding carboxylic acids is 1. The molecule has 11 heteroatoms. The van der Waals surface area contributed by atoms with Gasteiger partial charge in [-0.2, -0.15) is 8.42 Å². The molecule has 1 unspecified atom stereocenters. The first-order valence-corrected chi connectivity index (χ1v) is 8.92. The van der Waals surface area contributed by atoms with Crippen molar-refractivity contribution in [2.75, 3.05) is 0 Å². The van der Waals surface area contributed by atoms with Gasteiger partial charge in [0, 0.05) is 9.57 Å². The Morgan fingerprint density at radius 2 is 1.80 bits per heavy atom. The van der Waals surface area contributed by atoms with E-state index in [1.807, 2.05) is 0 Å². The van der Waals surface area contributed by atoms with E-state index >= 15 is 0 Å². The Labute approximate surface area is 155 Å². The van der Waals surface area contributed by atoms with Crippen LogP contribution in [0, 0.1) is 5.92 Å². The molecule has 1 aliphatic rings. The predicted molar refractivity (Wildman–Crippen MR) is 95.3 cm³/mol. The second kappa shape index (κ2) is 6.32. The minimum absolute atomic E-state index is 0.205. The van der Waals surface area contributed by atoms with E-state index in [0.717, 1.165) is 0 Å². The Kier molecular flexibility index (Phi) is 5.00. The number of nitrogens with two attached hydrogens (primary N) is 1. The smallest absolute Gasteiger partial charge is 0.298 e. The van der Waals surface area contributed by atoms with Crippen molar-refractivity contribution >= 4 is 51.0 Å². The zero-order chi connectivity index (χ0) is 19.2. The molecule has 0 saturated heterocycles. The van der Waals surface area contributed by atoms with E-state index < -0.39 is 43.5 Å².